The Morgan fingerprint density at radius 3 is 1.31 bits per heavy atom. The van der Waals surface area contributed by atoms with Crippen molar-refractivity contribution in [3.8, 4) is 46.0 Å². The standard InChI is InChI=1S/2C31H36N2O4/c1-31(2,3)22-9-12-24(13-10-22)33-28(27-20-26(35-5)15-17-30(27)37-7)19-23(32-33)11-8-21-18-25(34-4)14-16-29(21)36-6;1-31(2,3)22-15-18-24(19-16-22)33-26(25-11-9-13-28(35-5)30(25)37-7)20-23(32-33)17-14-21-10-8-12-27(34-4)29(21)36-6/h8-20,28,32H,1-7H3;8-20,26,32H,1-7H3. The smallest absolute Gasteiger partial charge is 0.167 e. The minimum atomic E-state index is -0.127. The molecule has 0 aliphatic carbocycles. The molecule has 0 radical (unpaired) electrons. The van der Waals surface area contributed by atoms with E-state index in [9.17, 15) is 0 Å². The number of hydrogen-bond donors (Lipinski definition) is 2. The molecular formula is C62H72N4O8. The third-order valence-electron chi connectivity index (χ3n) is 13.0. The molecule has 12 nitrogen and oxygen atoms in total. The zero-order valence-electron chi connectivity index (χ0n) is 45.3. The lowest BCUT2D eigenvalue weighted by Crippen LogP contribution is -2.34. The molecule has 2 aliphatic heterocycles. The molecule has 0 amide bonds. The number of nitrogens with one attached hydrogen (secondary N) is 2. The van der Waals surface area contributed by atoms with Crippen molar-refractivity contribution < 1.29 is 37.9 Å². The zero-order valence-corrected chi connectivity index (χ0v) is 45.3. The Labute approximate surface area is 438 Å². The van der Waals surface area contributed by atoms with E-state index in [0.717, 1.165) is 68.0 Å². The summed E-state index contributed by atoms with van der Waals surface area (Å²) in [5, 5.41) is 4.29. The fourth-order valence-corrected chi connectivity index (χ4v) is 8.91. The second kappa shape index (κ2) is 23.6. The molecule has 8 rings (SSSR count). The van der Waals surface area contributed by atoms with Crippen LogP contribution in [0.1, 0.15) is 87.0 Å². The van der Waals surface area contributed by atoms with Crippen molar-refractivity contribution in [2.75, 3.05) is 66.9 Å². The molecule has 0 spiro atoms. The van der Waals surface area contributed by atoms with Crippen LogP contribution in [0.25, 0.3) is 12.2 Å². The highest BCUT2D eigenvalue weighted by molar-refractivity contribution is 5.67. The van der Waals surface area contributed by atoms with Crippen LogP contribution in [0.4, 0.5) is 11.4 Å². The van der Waals surface area contributed by atoms with Crippen LogP contribution >= 0.6 is 0 Å². The number of allylic oxidation sites excluding steroid dienone is 2. The molecule has 2 atom stereocenters. The lowest BCUT2D eigenvalue weighted by molar-refractivity contribution is 0.350. The summed E-state index contributed by atoms with van der Waals surface area (Å²) in [6.07, 6.45) is 12.5. The first-order valence-corrected chi connectivity index (χ1v) is 24.6. The summed E-state index contributed by atoms with van der Waals surface area (Å²) in [6.45, 7) is 13.3. The molecule has 0 bridgehead atoms. The minimum absolute atomic E-state index is 0.0777. The lowest BCUT2D eigenvalue weighted by Gasteiger charge is -2.29. The molecular weight excluding hydrogens is 929 g/mol. The first kappa shape index (κ1) is 53.7. The Morgan fingerprint density at radius 1 is 0.392 bits per heavy atom. The van der Waals surface area contributed by atoms with Gasteiger partial charge in [-0.1, -0.05) is 90.1 Å². The Hall–Kier alpha value is -8.12. The number of nitrogens with zero attached hydrogens (tertiary/aromatic N) is 2. The summed E-state index contributed by atoms with van der Waals surface area (Å²) in [4.78, 5) is 0. The summed E-state index contributed by atoms with van der Waals surface area (Å²) in [5.41, 5.74) is 17.7. The van der Waals surface area contributed by atoms with Crippen LogP contribution in [0, 0.1) is 0 Å². The van der Waals surface area contributed by atoms with Crippen molar-refractivity contribution in [1.82, 2.24) is 10.9 Å². The molecule has 74 heavy (non-hydrogen) atoms. The van der Waals surface area contributed by atoms with Crippen LogP contribution < -0.4 is 58.8 Å². The predicted octanol–water partition coefficient (Wildman–Crippen LogP) is 13.4. The molecule has 6 aromatic carbocycles. The van der Waals surface area contributed by atoms with Gasteiger partial charge in [0.25, 0.3) is 0 Å². The number of methoxy groups -OCH3 is 8. The van der Waals surface area contributed by atoms with E-state index in [2.05, 4.69) is 129 Å². The third kappa shape index (κ3) is 12.2. The normalized spacial score (nSPS) is 15.4. The van der Waals surface area contributed by atoms with Gasteiger partial charge in [-0.15, -0.1) is 0 Å². The highest BCUT2D eigenvalue weighted by Crippen LogP contribution is 2.43. The highest BCUT2D eigenvalue weighted by atomic mass is 16.5. The zero-order chi connectivity index (χ0) is 53.2. The van der Waals surface area contributed by atoms with Crippen LogP contribution in [0.15, 0.2) is 157 Å². The monoisotopic (exact) mass is 1000 g/mol. The molecule has 0 saturated carbocycles. The van der Waals surface area contributed by atoms with Gasteiger partial charge in [0.2, 0.25) is 0 Å². The number of rotatable bonds is 16. The molecule has 0 saturated heterocycles. The molecule has 0 fully saturated rings. The van der Waals surface area contributed by atoms with E-state index in [1.807, 2.05) is 91.0 Å². The second-order valence-corrected chi connectivity index (χ2v) is 19.7. The Kier molecular flexibility index (Phi) is 17.1. The Morgan fingerprint density at radius 2 is 0.838 bits per heavy atom. The van der Waals surface area contributed by atoms with Crippen LogP contribution in [-0.4, -0.2) is 56.9 Å². The first-order chi connectivity index (χ1) is 35.6. The maximum atomic E-state index is 5.79. The first-order valence-electron chi connectivity index (χ1n) is 24.6. The van der Waals surface area contributed by atoms with Crippen LogP contribution in [-0.2, 0) is 10.8 Å². The molecule has 2 aliphatic rings. The van der Waals surface area contributed by atoms with Gasteiger partial charge < -0.3 is 37.9 Å². The lowest BCUT2D eigenvalue weighted by atomic mass is 9.87. The average Bonchev–Trinajstić information content (AvgIpc) is 4.06. The quantitative estimate of drug-likeness (QED) is 0.0965. The largest absolute Gasteiger partial charge is 0.497 e. The van der Waals surface area contributed by atoms with Crippen molar-refractivity contribution in [2.24, 2.45) is 0 Å². The molecule has 2 N–H and O–H groups in total. The van der Waals surface area contributed by atoms with Gasteiger partial charge in [-0.2, -0.15) is 0 Å². The van der Waals surface area contributed by atoms with E-state index in [1.54, 1.807) is 56.9 Å². The number of anilines is 2. The van der Waals surface area contributed by atoms with E-state index in [1.165, 1.54) is 11.1 Å². The third-order valence-corrected chi connectivity index (χ3v) is 13.0. The molecule has 0 aromatic heterocycles. The van der Waals surface area contributed by atoms with Gasteiger partial charge in [0.05, 0.1) is 91.7 Å². The summed E-state index contributed by atoms with van der Waals surface area (Å²) in [6, 6.07) is 40.5. The average molecular weight is 1000 g/mol. The molecule has 388 valence electrons. The van der Waals surface area contributed by atoms with Crippen molar-refractivity contribution in [2.45, 2.75) is 64.5 Å². The molecule has 12 heteroatoms. The molecule has 2 unspecified atom stereocenters. The number of benzene rings is 6. The maximum absolute atomic E-state index is 5.79. The maximum Gasteiger partial charge on any atom is 0.167 e. The van der Waals surface area contributed by atoms with Gasteiger partial charge in [-0.05, 0) is 131 Å². The summed E-state index contributed by atoms with van der Waals surface area (Å²) < 4.78 is 44.7. The summed E-state index contributed by atoms with van der Waals surface area (Å²) >= 11 is 0. The Balaban J connectivity index is 0.000000216. The van der Waals surface area contributed by atoms with Crippen molar-refractivity contribution in [3.05, 3.63) is 190 Å². The van der Waals surface area contributed by atoms with E-state index >= 15 is 0 Å². The SMILES string of the molecule is COc1ccc(OC)c(C=CC2=CC(c3cc(OC)ccc3OC)N(c3ccc(C(C)(C)C)cc3)N2)c1.COc1cccc(C=CC2=CC(c3cccc(OC)c3OC)N(c3ccc(C(C)(C)C)cc3)N2)c1OC. The van der Waals surface area contributed by atoms with Crippen LogP contribution in [0.2, 0.25) is 0 Å². The Bertz CT molecular complexity index is 2890. The van der Waals surface area contributed by atoms with Crippen molar-refractivity contribution in [1.29, 1.82) is 0 Å². The van der Waals surface area contributed by atoms with Crippen molar-refractivity contribution in [3.63, 3.8) is 0 Å². The fraction of sp³-hybridized carbons (Fsp3) is 0.290. The fourth-order valence-electron chi connectivity index (χ4n) is 8.91. The van der Waals surface area contributed by atoms with Gasteiger partial charge in [-0.3, -0.25) is 20.9 Å². The second-order valence-electron chi connectivity index (χ2n) is 19.7. The summed E-state index contributed by atoms with van der Waals surface area (Å²) in [7, 11) is 13.3. The van der Waals surface area contributed by atoms with E-state index < -0.39 is 0 Å². The van der Waals surface area contributed by atoms with Gasteiger partial charge in [0, 0.05) is 22.3 Å². The van der Waals surface area contributed by atoms with Gasteiger partial charge in [0.15, 0.2) is 23.0 Å². The minimum Gasteiger partial charge on any atom is -0.497 e. The highest BCUT2D eigenvalue weighted by Gasteiger charge is 2.31. The molecule has 6 aromatic rings. The van der Waals surface area contributed by atoms with E-state index in [-0.39, 0.29) is 22.9 Å². The number of hydrogen-bond acceptors (Lipinski definition) is 12. The number of para-hydroxylation sites is 2. The summed E-state index contributed by atoms with van der Waals surface area (Å²) in [5.74, 6) is 5.91. The number of ether oxygens (including phenoxy) is 8. The topological polar surface area (TPSA) is 104 Å². The van der Waals surface area contributed by atoms with E-state index in [0.29, 0.717) is 23.0 Å². The number of hydrazine groups is 2. The van der Waals surface area contributed by atoms with Gasteiger partial charge >= 0.3 is 0 Å². The van der Waals surface area contributed by atoms with Gasteiger partial charge in [-0.25, -0.2) is 0 Å². The van der Waals surface area contributed by atoms with E-state index in [4.69, 9.17) is 37.9 Å². The van der Waals surface area contributed by atoms with Crippen LogP contribution in [0.3, 0.4) is 0 Å². The predicted molar refractivity (Wildman–Crippen MR) is 299 cm³/mol. The van der Waals surface area contributed by atoms with Crippen molar-refractivity contribution >= 4 is 23.5 Å². The molecule has 2 heterocycles. The van der Waals surface area contributed by atoms with Crippen LogP contribution in [0.5, 0.6) is 46.0 Å². The van der Waals surface area contributed by atoms with Gasteiger partial charge in [0.1, 0.15) is 23.0 Å².